The zero-order valence-electron chi connectivity index (χ0n) is 12.8. The molecule has 0 aliphatic rings. The maximum Gasteiger partial charge on any atom is 0.338 e. The van der Waals surface area contributed by atoms with Crippen molar-refractivity contribution in [3.63, 3.8) is 0 Å². The summed E-state index contributed by atoms with van der Waals surface area (Å²) in [4.78, 5) is 23.7. The van der Waals surface area contributed by atoms with Crippen LogP contribution in [-0.4, -0.2) is 25.6 Å². The van der Waals surface area contributed by atoms with Crippen LogP contribution >= 0.6 is 11.6 Å². The zero-order valence-corrected chi connectivity index (χ0v) is 13.5. The minimum atomic E-state index is -0.545. The lowest BCUT2D eigenvalue weighted by atomic mass is 10.1. The lowest BCUT2D eigenvalue weighted by Crippen LogP contribution is -2.21. The number of hydrogen-bond donors (Lipinski definition) is 1. The first kappa shape index (κ1) is 16.8. The molecule has 1 N–H and O–H groups in total. The van der Waals surface area contributed by atoms with Crippen molar-refractivity contribution in [3.05, 3.63) is 58.6 Å². The van der Waals surface area contributed by atoms with E-state index >= 15 is 0 Å². The van der Waals surface area contributed by atoms with Crippen LogP contribution in [-0.2, 0) is 9.53 Å². The minimum Gasteiger partial charge on any atom is -0.495 e. The number of hydrogen-bond acceptors (Lipinski definition) is 4. The Labute approximate surface area is 139 Å². The molecule has 2 rings (SSSR count). The number of ether oxygens (including phenoxy) is 2. The molecule has 120 valence electrons. The molecule has 6 heteroatoms. The standard InChI is InChI=1S/C17H16ClNO4/c1-11-4-3-5-12(8-11)17(21)23-10-16(20)19-13-6-7-15(22-2)14(18)9-13/h3-9H,10H2,1-2H3,(H,19,20). The average molecular weight is 334 g/mol. The van der Waals surface area contributed by atoms with E-state index in [2.05, 4.69) is 5.32 Å². The Morgan fingerprint density at radius 2 is 1.96 bits per heavy atom. The Hall–Kier alpha value is -2.53. The summed E-state index contributed by atoms with van der Waals surface area (Å²) in [5.74, 6) is -0.487. The average Bonchev–Trinajstić information content (AvgIpc) is 2.53. The van der Waals surface area contributed by atoms with E-state index in [0.29, 0.717) is 22.0 Å². The van der Waals surface area contributed by atoms with Gasteiger partial charge < -0.3 is 14.8 Å². The van der Waals surface area contributed by atoms with Gasteiger partial charge in [0.2, 0.25) is 0 Å². The zero-order chi connectivity index (χ0) is 16.8. The van der Waals surface area contributed by atoms with Gasteiger partial charge in [0.15, 0.2) is 6.61 Å². The number of halogens is 1. The number of esters is 1. The van der Waals surface area contributed by atoms with Crippen molar-refractivity contribution >= 4 is 29.2 Å². The van der Waals surface area contributed by atoms with Gasteiger partial charge in [-0.15, -0.1) is 0 Å². The molecule has 23 heavy (non-hydrogen) atoms. The van der Waals surface area contributed by atoms with Crippen LogP contribution in [0.4, 0.5) is 5.69 Å². The van der Waals surface area contributed by atoms with E-state index in [4.69, 9.17) is 21.1 Å². The third-order valence-corrected chi connectivity index (χ3v) is 3.32. The highest BCUT2D eigenvalue weighted by Gasteiger charge is 2.11. The molecule has 2 aromatic carbocycles. The van der Waals surface area contributed by atoms with Crippen LogP contribution in [0.25, 0.3) is 0 Å². The van der Waals surface area contributed by atoms with E-state index in [1.165, 1.54) is 7.11 Å². The molecule has 0 spiro atoms. The Kier molecular flexibility index (Phi) is 5.60. The van der Waals surface area contributed by atoms with Crippen molar-refractivity contribution in [2.75, 3.05) is 19.0 Å². The second-order valence-electron chi connectivity index (χ2n) is 4.84. The van der Waals surface area contributed by atoms with Gasteiger partial charge in [-0.2, -0.15) is 0 Å². The van der Waals surface area contributed by atoms with Gasteiger partial charge in [0.1, 0.15) is 5.75 Å². The van der Waals surface area contributed by atoms with Crippen LogP contribution in [0.5, 0.6) is 5.75 Å². The minimum absolute atomic E-state index is 0.377. The van der Waals surface area contributed by atoms with Gasteiger partial charge in [-0.05, 0) is 37.3 Å². The van der Waals surface area contributed by atoms with Gasteiger partial charge in [-0.25, -0.2) is 4.79 Å². The largest absolute Gasteiger partial charge is 0.495 e. The van der Waals surface area contributed by atoms with Gasteiger partial charge in [0.05, 0.1) is 17.7 Å². The predicted octanol–water partition coefficient (Wildman–Crippen LogP) is 3.45. The third-order valence-electron chi connectivity index (χ3n) is 3.02. The van der Waals surface area contributed by atoms with E-state index < -0.39 is 11.9 Å². The van der Waals surface area contributed by atoms with E-state index in [1.807, 2.05) is 13.0 Å². The molecule has 0 radical (unpaired) electrons. The SMILES string of the molecule is COc1ccc(NC(=O)COC(=O)c2cccc(C)c2)cc1Cl. The van der Waals surface area contributed by atoms with Crippen molar-refractivity contribution in [1.29, 1.82) is 0 Å². The van der Waals surface area contributed by atoms with E-state index in [-0.39, 0.29) is 6.61 Å². The number of methoxy groups -OCH3 is 1. The quantitative estimate of drug-likeness (QED) is 0.851. The van der Waals surface area contributed by atoms with Crippen molar-refractivity contribution in [3.8, 4) is 5.75 Å². The number of nitrogens with one attached hydrogen (secondary N) is 1. The van der Waals surface area contributed by atoms with E-state index in [1.54, 1.807) is 36.4 Å². The molecule has 0 fully saturated rings. The van der Waals surface area contributed by atoms with Crippen LogP contribution in [0.3, 0.4) is 0 Å². The van der Waals surface area contributed by atoms with Crippen LogP contribution in [0.1, 0.15) is 15.9 Å². The number of rotatable bonds is 5. The fourth-order valence-electron chi connectivity index (χ4n) is 1.93. The fourth-order valence-corrected chi connectivity index (χ4v) is 2.19. The molecule has 0 bridgehead atoms. The Bertz CT molecular complexity index is 730. The normalized spacial score (nSPS) is 10.0. The Balaban J connectivity index is 1.90. The molecule has 0 heterocycles. The van der Waals surface area contributed by atoms with Gasteiger partial charge >= 0.3 is 5.97 Å². The fraction of sp³-hybridized carbons (Fsp3) is 0.176. The maximum atomic E-state index is 11.9. The summed E-state index contributed by atoms with van der Waals surface area (Å²) in [5, 5.41) is 2.97. The first-order valence-electron chi connectivity index (χ1n) is 6.87. The van der Waals surface area contributed by atoms with Gasteiger partial charge in [0.25, 0.3) is 5.91 Å². The lowest BCUT2D eigenvalue weighted by Gasteiger charge is -2.09. The molecule has 2 aromatic rings. The summed E-state index contributed by atoms with van der Waals surface area (Å²) in [6.45, 7) is 1.49. The summed E-state index contributed by atoms with van der Waals surface area (Å²) >= 11 is 5.97. The van der Waals surface area contributed by atoms with Crippen molar-refractivity contribution in [2.45, 2.75) is 6.92 Å². The predicted molar refractivity (Wildman–Crippen MR) is 88.1 cm³/mol. The second kappa shape index (κ2) is 7.65. The first-order valence-corrected chi connectivity index (χ1v) is 7.24. The number of anilines is 1. The third kappa shape index (κ3) is 4.72. The molecule has 0 aliphatic heterocycles. The van der Waals surface area contributed by atoms with Crippen LogP contribution in [0.2, 0.25) is 5.02 Å². The molecule has 0 aliphatic carbocycles. The highest BCUT2D eigenvalue weighted by molar-refractivity contribution is 6.32. The van der Waals surface area contributed by atoms with Crippen LogP contribution in [0, 0.1) is 6.92 Å². The van der Waals surface area contributed by atoms with Gasteiger partial charge in [0, 0.05) is 5.69 Å². The molecule has 0 saturated heterocycles. The summed E-state index contributed by atoms with van der Waals surface area (Å²) in [6.07, 6.45) is 0. The van der Waals surface area contributed by atoms with E-state index in [0.717, 1.165) is 5.56 Å². The summed E-state index contributed by atoms with van der Waals surface area (Å²) in [6, 6.07) is 11.8. The van der Waals surface area contributed by atoms with Crippen molar-refractivity contribution in [2.24, 2.45) is 0 Å². The van der Waals surface area contributed by atoms with Crippen LogP contribution in [0.15, 0.2) is 42.5 Å². The Morgan fingerprint density at radius 3 is 2.61 bits per heavy atom. The molecule has 0 unspecified atom stereocenters. The smallest absolute Gasteiger partial charge is 0.338 e. The van der Waals surface area contributed by atoms with Crippen molar-refractivity contribution in [1.82, 2.24) is 0 Å². The van der Waals surface area contributed by atoms with E-state index in [9.17, 15) is 9.59 Å². The van der Waals surface area contributed by atoms with Gasteiger partial charge in [-0.1, -0.05) is 29.3 Å². The molecule has 5 nitrogen and oxygen atoms in total. The molecular weight excluding hydrogens is 318 g/mol. The molecule has 0 saturated carbocycles. The summed E-state index contributed by atoms with van der Waals surface area (Å²) < 4.78 is 10.0. The highest BCUT2D eigenvalue weighted by atomic mass is 35.5. The molecule has 0 aromatic heterocycles. The maximum absolute atomic E-state index is 11.9. The first-order chi connectivity index (χ1) is 11.0. The number of carbonyl (C=O) groups excluding carboxylic acids is 2. The molecular formula is C17H16ClNO4. The monoisotopic (exact) mass is 333 g/mol. The van der Waals surface area contributed by atoms with Gasteiger partial charge in [-0.3, -0.25) is 4.79 Å². The Morgan fingerprint density at radius 1 is 1.17 bits per heavy atom. The molecule has 0 atom stereocenters. The number of benzene rings is 2. The molecule has 1 amide bonds. The highest BCUT2D eigenvalue weighted by Crippen LogP contribution is 2.27. The second-order valence-corrected chi connectivity index (χ2v) is 5.25. The number of amides is 1. The van der Waals surface area contributed by atoms with Crippen LogP contribution < -0.4 is 10.1 Å². The lowest BCUT2D eigenvalue weighted by molar-refractivity contribution is -0.119. The number of carbonyl (C=O) groups is 2. The summed E-state index contributed by atoms with van der Waals surface area (Å²) in [7, 11) is 1.50. The van der Waals surface area contributed by atoms with Crippen molar-refractivity contribution < 1.29 is 19.1 Å². The number of aryl methyl sites for hydroxylation is 1. The topological polar surface area (TPSA) is 64.6 Å². The summed E-state index contributed by atoms with van der Waals surface area (Å²) in [5.41, 5.74) is 1.84.